The first-order chi connectivity index (χ1) is 12.1. The van der Waals surface area contributed by atoms with E-state index in [1.165, 1.54) is 19.9 Å². The maximum atomic E-state index is 13.5. The van der Waals surface area contributed by atoms with Crippen LogP contribution in [0.4, 0.5) is 24.5 Å². The van der Waals surface area contributed by atoms with Crippen LogP contribution >= 0.6 is 0 Å². The van der Waals surface area contributed by atoms with E-state index in [9.17, 15) is 21.6 Å². The quantitative estimate of drug-likeness (QED) is 0.863. The Labute approximate surface area is 149 Å². The number of nitrogens with zero attached hydrogens (tertiary/aromatic N) is 2. The van der Waals surface area contributed by atoms with Crippen molar-refractivity contribution in [1.29, 1.82) is 0 Å². The Kier molecular flexibility index (Phi) is 4.63. The van der Waals surface area contributed by atoms with Gasteiger partial charge in [0.2, 0.25) is 0 Å². The van der Waals surface area contributed by atoms with E-state index in [0.717, 1.165) is 25.0 Å². The molecule has 1 aliphatic rings. The molecule has 0 amide bonds. The summed E-state index contributed by atoms with van der Waals surface area (Å²) in [6.07, 6.45) is -2.87. The normalized spacial score (nSPS) is 15.5. The van der Waals surface area contributed by atoms with Crippen molar-refractivity contribution < 1.29 is 26.1 Å². The van der Waals surface area contributed by atoms with Gasteiger partial charge in [0.05, 0.1) is 11.3 Å². The second-order valence-corrected chi connectivity index (χ2v) is 7.80. The molecule has 0 radical (unpaired) electrons. The van der Waals surface area contributed by atoms with Gasteiger partial charge in [0, 0.05) is 18.8 Å². The molecule has 2 aromatic rings. The lowest BCUT2D eigenvalue weighted by Gasteiger charge is -2.21. The molecule has 142 valence electrons. The molecule has 1 saturated heterocycles. The highest BCUT2D eigenvalue weighted by Crippen LogP contribution is 2.39. The summed E-state index contributed by atoms with van der Waals surface area (Å²) in [6.45, 7) is 4.16. The fourth-order valence-electron chi connectivity index (χ4n) is 3.08. The third-order valence-corrected chi connectivity index (χ3v) is 5.87. The molecule has 1 aliphatic heterocycles. The minimum absolute atomic E-state index is 0.0113. The van der Waals surface area contributed by atoms with Crippen LogP contribution in [0, 0.1) is 13.8 Å². The average molecular weight is 389 g/mol. The van der Waals surface area contributed by atoms with Crippen LogP contribution in [0.15, 0.2) is 27.6 Å². The minimum atomic E-state index is -4.70. The molecule has 0 saturated carbocycles. The first-order valence-corrected chi connectivity index (χ1v) is 9.50. The van der Waals surface area contributed by atoms with Crippen LogP contribution in [0.2, 0.25) is 0 Å². The van der Waals surface area contributed by atoms with Gasteiger partial charge in [-0.05, 0) is 44.9 Å². The van der Waals surface area contributed by atoms with Crippen LogP contribution < -0.4 is 9.62 Å². The smallest absolute Gasteiger partial charge is 0.372 e. The zero-order valence-corrected chi connectivity index (χ0v) is 15.0. The van der Waals surface area contributed by atoms with Crippen LogP contribution in [0.3, 0.4) is 0 Å². The molecule has 1 aromatic heterocycles. The molecule has 0 bridgehead atoms. The Hall–Kier alpha value is -2.23. The van der Waals surface area contributed by atoms with Crippen LogP contribution in [-0.4, -0.2) is 26.7 Å². The molecule has 1 aromatic carbocycles. The van der Waals surface area contributed by atoms with E-state index in [4.69, 9.17) is 4.52 Å². The first kappa shape index (κ1) is 18.6. The molecule has 1 N–H and O–H groups in total. The van der Waals surface area contributed by atoms with Crippen molar-refractivity contribution in [2.45, 2.75) is 37.8 Å². The fraction of sp³-hybridized carbons (Fsp3) is 0.438. The van der Waals surface area contributed by atoms with Crippen molar-refractivity contribution in [3.05, 3.63) is 35.2 Å². The topological polar surface area (TPSA) is 75.4 Å². The fourth-order valence-corrected chi connectivity index (χ4v) is 4.49. The number of hydrogen-bond acceptors (Lipinski definition) is 5. The Balaban J connectivity index is 2.01. The van der Waals surface area contributed by atoms with E-state index in [2.05, 4.69) is 5.16 Å². The summed E-state index contributed by atoms with van der Waals surface area (Å²) in [5.74, 6) is 0.0113. The van der Waals surface area contributed by atoms with Gasteiger partial charge < -0.3 is 9.42 Å². The Morgan fingerprint density at radius 3 is 2.38 bits per heavy atom. The monoisotopic (exact) mass is 389 g/mol. The van der Waals surface area contributed by atoms with E-state index in [-0.39, 0.29) is 16.3 Å². The number of nitrogens with one attached hydrogen (secondary N) is 1. The summed E-state index contributed by atoms with van der Waals surface area (Å²) >= 11 is 0. The van der Waals surface area contributed by atoms with Gasteiger partial charge in [0.25, 0.3) is 10.0 Å². The maximum Gasteiger partial charge on any atom is 0.418 e. The molecule has 3 rings (SSSR count). The Bertz CT molecular complexity index is 897. The van der Waals surface area contributed by atoms with E-state index >= 15 is 0 Å². The van der Waals surface area contributed by atoms with Gasteiger partial charge in [-0.2, -0.15) is 13.2 Å². The van der Waals surface area contributed by atoms with Crippen LogP contribution in [0.5, 0.6) is 0 Å². The molecule has 0 unspecified atom stereocenters. The van der Waals surface area contributed by atoms with Gasteiger partial charge in [-0.15, -0.1) is 0 Å². The Morgan fingerprint density at radius 1 is 1.19 bits per heavy atom. The standard InChI is InChI=1S/C16H18F3N3O3S/c1-10-15(11(2)25-20-10)26(23,24)21-14-6-5-12(22-7-3-4-8-22)9-13(14)16(17,18)19/h5-6,9,21H,3-4,7-8H2,1-2H3. The van der Waals surface area contributed by atoms with E-state index in [1.807, 2.05) is 9.62 Å². The highest BCUT2D eigenvalue weighted by molar-refractivity contribution is 7.92. The number of aromatic nitrogens is 1. The summed E-state index contributed by atoms with van der Waals surface area (Å²) < 4.78 is 72.4. The van der Waals surface area contributed by atoms with E-state index < -0.39 is 27.5 Å². The summed E-state index contributed by atoms with van der Waals surface area (Å²) in [5, 5.41) is 3.54. The highest BCUT2D eigenvalue weighted by Gasteiger charge is 2.36. The third kappa shape index (κ3) is 3.50. The van der Waals surface area contributed by atoms with Gasteiger partial charge in [-0.1, -0.05) is 5.16 Å². The number of anilines is 2. The average Bonchev–Trinajstić information content (AvgIpc) is 3.16. The predicted molar refractivity (Wildman–Crippen MR) is 89.7 cm³/mol. The summed E-state index contributed by atoms with van der Waals surface area (Å²) in [6, 6.07) is 3.62. The third-order valence-electron chi connectivity index (χ3n) is 4.26. The lowest BCUT2D eigenvalue weighted by Crippen LogP contribution is -2.21. The van der Waals surface area contributed by atoms with Crippen molar-refractivity contribution in [2.24, 2.45) is 0 Å². The van der Waals surface area contributed by atoms with Gasteiger partial charge >= 0.3 is 6.18 Å². The molecule has 6 nitrogen and oxygen atoms in total. The minimum Gasteiger partial charge on any atom is -0.372 e. The lowest BCUT2D eigenvalue weighted by molar-refractivity contribution is -0.136. The Morgan fingerprint density at radius 2 is 1.85 bits per heavy atom. The zero-order chi connectivity index (χ0) is 19.1. The molecule has 1 fully saturated rings. The number of aryl methyl sites for hydroxylation is 2. The largest absolute Gasteiger partial charge is 0.418 e. The molecular formula is C16H18F3N3O3S. The number of sulfonamides is 1. The number of rotatable bonds is 4. The van der Waals surface area contributed by atoms with Gasteiger partial charge in [0.1, 0.15) is 5.69 Å². The number of alkyl halides is 3. The highest BCUT2D eigenvalue weighted by atomic mass is 32.2. The molecule has 0 spiro atoms. The number of hydrogen-bond donors (Lipinski definition) is 1. The molecule has 2 heterocycles. The van der Waals surface area contributed by atoms with Crippen molar-refractivity contribution in [3.8, 4) is 0 Å². The predicted octanol–water partition coefficient (Wildman–Crippen LogP) is 3.71. The van der Waals surface area contributed by atoms with Crippen LogP contribution in [0.1, 0.15) is 29.9 Å². The van der Waals surface area contributed by atoms with Crippen LogP contribution in [-0.2, 0) is 16.2 Å². The molecule has 10 heteroatoms. The van der Waals surface area contributed by atoms with Gasteiger partial charge in [-0.3, -0.25) is 4.72 Å². The van der Waals surface area contributed by atoms with Crippen LogP contribution in [0.25, 0.3) is 0 Å². The summed E-state index contributed by atoms with van der Waals surface area (Å²) in [5.41, 5.74) is -1.05. The van der Waals surface area contributed by atoms with E-state index in [0.29, 0.717) is 18.8 Å². The second-order valence-electron chi connectivity index (χ2n) is 6.18. The van der Waals surface area contributed by atoms with E-state index in [1.54, 1.807) is 0 Å². The number of benzene rings is 1. The van der Waals surface area contributed by atoms with Gasteiger partial charge in [0.15, 0.2) is 10.7 Å². The van der Waals surface area contributed by atoms with Gasteiger partial charge in [-0.25, -0.2) is 8.42 Å². The molecule has 0 atom stereocenters. The SMILES string of the molecule is Cc1noc(C)c1S(=O)(=O)Nc1ccc(N2CCCC2)cc1C(F)(F)F. The van der Waals surface area contributed by atoms with Crippen molar-refractivity contribution in [3.63, 3.8) is 0 Å². The van der Waals surface area contributed by atoms with Crippen molar-refractivity contribution in [2.75, 3.05) is 22.7 Å². The van der Waals surface area contributed by atoms with Crippen molar-refractivity contribution in [1.82, 2.24) is 5.16 Å². The second kappa shape index (κ2) is 6.49. The van der Waals surface area contributed by atoms with Crippen molar-refractivity contribution >= 4 is 21.4 Å². The number of halogens is 3. The summed E-state index contributed by atoms with van der Waals surface area (Å²) in [7, 11) is -4.27. The summed E-state index contributed by atoms with van der Waals surface area (Å²) in [4.78, 5) is 1.59. The first-order valence-electron chi connectivity index (χ1n) is 8.01. The zero-order valence-electron chi connectivity index (χ0n) is 14.2. The molecule has 0 aliphatic carbocycles. The molecular weight excluding hydrogens is 371 g/mol. The molecule has 26 heavy (non-hydrogen) atoms. The maximum absolute atomic E-state index is 13.5. The lowest BCUT2D eigenvalue weighted by atomic mass is 10.1.